The second kappa shape index (κ2) is 8.10. The molecule has 8 nitrogen and oxygen atoms in total. The number of hydrogen-bond donors (Lipinski definition) is 1. The lowest BCUT2D eigenvalue weighted by Crippen LogP contribution is -2.32. The van der Waals surface area contributed by atoms with Crippen molar-refractivity contribution in [3.05, 3.63) is 73.9 Å². The molecule has 0 amide bonds. The van der Waals surface area contributed by atoms with Crippen molar-refractivity contribution >= 4 is 34.7 Å². The first-order valence-electron chi connectivity index (χ1n) is 8.23. The third-order valence-electron chi connectivity index (χ3n) is 3.90. The molecular weight excluding hydrogens is 386 g/mol. The van der Waals surface area contributed by atoms with Crippen LogP contribution in [0.5, 0.6) is 5.75 Å². The summed E-state index contributed by atoms with van der Waals surface area (Å²) >= 11 is 6.17. The van der Waals surface area contributed by atoms with Crippen LogP contribution in [-0.2, 0) is 9.53 Å². The van der Waals surface area contributed by atoms with Gasteiger partial charge < -0.3 is 14.5 Å². The summed E-state index contributed by atoms with van der Waals surface area (Å²) in [7, 11) is 1.26. The number of benzene rings is 2. The Labute approximate surface area is 164 Å². The number of para-hydroxylation sites is 1. The largest absolute Gasteiger partial charge is 0.477 e. The zero-order valence-corrected chi connectivity index (χ0v) is 15.8. The summed E-state index contributed by atoms with van der Waals surface area (Å²) in [6.45, 7) is 1.54. The SMILES string of the molecule is COC(=O)[C@H](C)Oc1ccc(C=Nn2c(=O)[nH]c3ccccc3c2=O)cc1Cl. The van der Waals surface area contributed by atoms with Gasteiger partial charge in [-0.1, -0.05) is 23.7 Å². The van der Waals surface area contributed by atoms with E-state index < -0.39 is 23.3 Å². The highest BCUT2D eigenvalue weighted by atomic mass is 35.5. The molecule has 3 aromatic rings. The highest BCUT2D eigenvalue weighted by Gasteiger charge is 2.16. The van der Waals surface area contributed by atoms with E-state index in [1.54, 1.807) is 36.4 Å². The first kappa shape index (κ1) is 19.4. The number of nitrogens with zero attached hydrogens (tertiary/aromatic N) is 2. The summed E-state index contributed by atoms with van der Waals surface area (Å²) in [6.07, 6.45) is 0.502. The van der Waals surface area contributed by atoms with Gasteiger partial charge in [0.2, 0.25) is 0 Å². The molecule has 3 rings (SSSR count). The molecule has 0 unspecified atom stereocenters. The van der Waals surface area contributed by atoms with Crippen molar-refractivity contribution in [3.63, 3.8) is 0 Å². The van der Waals surface area contributed by atoms with E-state index in [-0.39, 0.29) is 10.8 Å². The Kier molecular flexibility index (Phi) is 5.60. The van der Waals surface area contributed by atoms with Crippen molar-refractivity contribution in [1.29, 1.82) is 0 Å². The third-order valence-corrected chi connectivity index (χ3v) is 4.19. The number of rotatable bonds is 5. The van der Waals surface area contributed by atoms with Gasteiger partial charge in [-0.3, -0.25) is 4.79 Å². The number of hydrogen-bond acceptors (Lipinski definition) is 6. The van der Waals surface area contributed by atoms with Crippen LogP contribution in [0.3, 0.4) is 0 Å². The number of halogens is 1. The molecule has 28 heavy (non-hydrogen) atoms. The van der Waals surface area contributed by atoms with Gasteiger partial charge in [-0.15, -0.1) is 4.68 Å². The molecule has 1 atom stereocenters. The number of aromatic nitrogens is 2. The molecule has 0 radical (unpaired) electrons. The molecular formula is C19H16ClN3O5. The first-order chi connectivity index (χ1) is 13.4. The minimum atomic E-state index is -0.822. The molecule has 144 valence electrons. The molecule has 1 aromatic heterocycles. The maximum absolute atomic E-state index is 12.4. The number of ether oxygens (including phenoxy) is 2. The van der Waals surface area contributed by atoms with E-state index in [0.29, 0.717) is 16.5 Å². The van der Waals surface area contributed by atoms with Crippen LogP contribution in [0, 0.1) is 0 Å². The van der Waals surface area contributed by atoms with E-state index >= 15 is 0 Å². The highest BCUT2D eigenvalue weighted by molar-refractivity contribution is 6.32. The number of H-pyrrole nitrogens is 1. The molecule has 0 saturated heterocycles. The molecule has 0 fully saturated rings. The molecule has 1 heterocycles. The van der Waals surface area contributed by atoms with Gasteiger partial charge in [0.1, 0.15) is 5.75 Å². The average Bonchev–Trinajstić information content (AvgIpc) is 2.69. The van der Waals surface area contributed by atoms with E-state index in [0.717, 1.165) is 4.68 Å². The third kappa shape index (κ3) is 3.96. The van der Waals surface area contributed by atoms with Gasteiger partial charge in [-0.2, -0.15) is 5.10 Å². The van der Waals surface area contributed by atoms with Gasteiger partial charge >= 0.3 is 11.7 Å². The number of fused-ring (bicyclic) bond motifs is 1. The van der Waals surface area contributed by atoms with E-state index in [2.05, 4.69) is 14.8 Å². The van der Waals surface area contributed by atoms with Crippen molar-refractivity contribution in [1.82, 2.24) is 9.66 Å². The van der Waals surface area contributed by atoms with Crippen LogP contribution in [0.1, 0.15) is 12.5 Å². The lowest BCUT2D eigenvalue weighted by atomic mass is 10.2. The lowest BCUT2D eigenvalue weighted by Gasteiger charge is -2.13. The van der Waals surface area contributed by atoms with Crippen molar-refractivity contribution in [2.45, 2.75) is 13.0 Å². The van der Waals surface area contributed by atoms with E-state index in [9.17, 15) is 14.4 Å². The van der Waals surface area contributed by atoms with Gasteiger partial charge in [0, 0.05) is 0 Å². The van der Waals surface area contributed by atoms with Crippen LogP contribution in [0.25, 0.3) is 10.9 Å². The topological polar surface area (TPSA) is 103 Å². The Balaban J connectivity index is 1.88. The zero-order chi connectivity index (χ0) is 20.3. The van der Waals surface area contributed by atoms with Crippen LogP contribution < -0.4 is 16.0 Å². The van der Waals surface area contributed by atoms with E-state index in [4.69, 9.17) is 16.3 Å². The first-order valence-corrected chi connectivity index (χ1v) is 8.61. The molecule has 9 heteroatoms. The number of esters is 1. The van der Waals surface area contributed by atoms with Crippen molar-refractivity contribution in [2.24, 2.45) is 5.10 Å². The van der Waals surface area contributed by atoms with E-state index in [1.807, 2.05) is 0 Å². The van der Waals surface area contributed by atoms with Gasteiger partial charge in [-0.25, -0.2) is 9.59 Å². The van der Waals surface area contributed by atoms with E-state index in [1.165, 1.54) is 26.3 Å². The fourth-order valence-corrected chi connectivity index (χ4v) is 2.71. The molecule has 0 aliphatic carbocycles. The van der Waals surface area contributed by atoms with Crippen LogP contribution >= 0.6 is 11.6 Å². The Morgan fingerprint density at radius 1 is 1.25 bits per heavy atom. The summed E-state index contributed by atoms with van der Waals surface area (Å²) in [5.41, 5.74) is -0.220. The summed E-state index contributed by atoms with van der Waals surface area (Å²) in [4.78, 5) is 38.6. The Morgan fingerprint density at radius 3 is 2.71 bits per heavy atom. The molecule has 0 aliphatic rings. The molecule has 1 N–H and O–H groups in total. The second-order valence-electron chi connectivity index (χ2n) is 5.81. The molecule has 0 spiro atoms. The van der Waals surface area contributed by atoms with Gasteiger partial charge in [0.25, 0.3) is 5.56 Å². The van der Waals surface area contributed by atoms with Crippen LogP contribution in [0.2, 0.25) is 5.02 Å². The quantitative estimate of drug-likeness (QED) is 0.521. The fourth-order valence-electron chi connectivity index (χ4n) is 2.48. The minimum Gasteiger partial charge on any atom is -0.477 e. The number of methoxy groups -OCH3 is 1. The van der Waals surface area contributed by atoms with Crippen LogP contribution in [-0.4, -0.2) is 35.1 Å². The normalized spacial score (nSPS) is 12.2. The molecule has 0 aliphatic heterocycles. The zero-order valence-electron chi connectivity index (χ0n) is 15.0. The number of carbonyl (C=O) groups is 1. The summed E-state index contributed by atoms with van der Waals surface area (Å²) in [5.74, 6) is -0.242. The standard InChI is InChI=1S/C19H16ClN3O5/c1-11(18(25)27-2)28-16-8-7-12(9-14(16)20)10-21-23-17(24)13-5-3-4-6-15(13)22-19(23)26/h3-11H,1-2H3,(H,22,26)/t11-/m0/s1. The summed E-state index contributed by atoms with van der Waals surface area (Å²) < 4.78 is 10.8. The predicted molar refractivity (Wildman–Crippen MR) is 105 cm³/mol. The maximum Gasteiger partial charge on any atom is 0.349 e. The smallest absolute Gasteiger partial charge is 0.349 e. The highest BCUT2D eigenvalue weighted by Crippen LogP contribution is 2.26. The van der Waals surface area contributed by atoms with Gasteiger partial charge in [-0.05, 0) is 42.8 Å². The second-order valence-corrected chi connectivity index (χ2v) is 6.22. The summed E-state index contributed by atoms with van der Waals surface area (Å²) in [6, 6.07) is 11.4. The van der Waals surface area contributed by atoms with Gasteiger partial charge in [0.05, 0.1) is 29.2 Å². The van der Waals surface area contributed by atoms with Crippen molar-refractivity contribution < 1.29 is 14.3 Å². The summed E-state index contributed by atoms with van der Waals surface area (Å²) in [5, 5.41) is 4.54. The van der Waals surface area contributed by atoms with Crippen molar-refractivity contribution in [3.8, 4) is 5.75 Å². The molecule has 2 aromatic carbocycles. The number of carbonyl (C=O) groups excluding carboxylic acids is 1. The predicted octanol–water partition coefficient (Wildman–Crippen LogP) is 2.17. The average molecular weight is 402 g/mol. The maximum atomic E-state index is 12.4. The molecule has 0 bridgehead atoms. The van der Waals surface area contributed by atoms with Gasteiger partial charge in [0.15, 0.2) is 6.10 Å². The fraction of sp³-hybridized carbons (Fsp3) is 0.158. The Morgan fingerprint density at radius 2 is 2.00 bits per heavy atom. The lowest BCUT2D eigenvalue weighted by molar-refractivity contribution is -0.147. The monoisotopic (exact) mass is 401 g/mol. The van der Waals surface area contributed by atoms with Crippen LogP contribution in [0.4, 0.5) is 0 Å². The number of aromatic amines is 1. The van der Waals surface area contributed by atoms with Crippen molar-refractivity contribution in [2.75, 3.05) is 7.11 Å². The Bertz CT molecular complexity index is 1180. The van der Waals surface area contributed by atoms with Crippen LogP contribution in [0.15, 0.2) is 57.2 Å². The Hall–Kier alpha value is -3.39. The minimum absolute atomic E-state index is 0.236. The number of nitrogens with one attached hydrogen (secondary N) is 1. The molecule has 0 saturated carbocycles.